The van der Waals surface area contributed by atoms with Gasteiger partial charge in [0, 0.05) is 18.0 Å². The molecule has 1 aliphatic heterocycles. The van der Waals surface area contributed by atoms with Crippen LogP contribution < -0.4 is 10.6 Å². The Labute approximate surface area is 140 Å². The Hall–Kier alpha value is -2.13. The average Bonchev–Trinajstić information content (AvgIpc) is 2.63. The Morgan fingerprint density at radius 1 is 1.25 bits per heavy atom. The molecule has 0 bridgehead atoms. The highest BCUT2D eigenvalue weighted by Gasteiger charge is 2.41. The van der Waals surface area contributed by atoms with Crippen molar-refractivity contribution in [3.05, 3.63) is 41.3 Å². The second-order valence-electron chi connectivity index (χ2n) is 5.11. The number of anilines is 1. The van der Waals surface area contributed by atoms with E-state index in [9.17, 15) is 18.0 Å². The van der Waals surface area contributed by atoms with Crippen molar-refractivity contribution in [3.8, 4) is 0 Å². The maximum Gasteiger partial charge on any atom is 0.434 e. The van der Waals surface area contributed by atoms with Crippen molar-refractivity contribution in [2.24, 2.45) is 5.73 Å². The number of aryl methyl sites for hydroxylation is 1. The zero-order valence-corrected chi connectivity index (χ0v) is 13.4. The number of carbonyl (C=O) groups is 1. The number of nitrogens with zero attached hydrogens (tertiary/aromatic N) is 3. The molecule has 0 saturated carbocycles. The van der Waals surface area contributed by atoms with Crippen LogP contribution in [-0.2, 0) is 6.18 Å². The molecule has 2 N–H and O–H groups in total. The third kappa shape index (κ3) is 2.84. The van der Waals surface area contributed by atoms with Gasteiger partial charge >= 0.3 is 6.18 Å². The number of aromatic nitrogens is 2. The lowest BCUT2D eigenvalue weighted by Gasteiger charge is -2.22. The van der Waals surface area contributed by atoms with Crippen LogP contribution in [0.5, 0.6) is 0 Å². The van der Waals surface area contributed by atoms with Gasteiger partial charge in [-0.3, -0.25) is 9.69 Å². The van der Waals surface area contributed by atoms with Crippen LogP contribution in [0.2, 0.25) is 0 Å². The van der Waals surface area contributed by atoms with Gasteiger partial charge in [-0.1, -0.05) is 23.9 Å². The number of halogens is 3. The second kappa shape index (κ2) is 6.06. The molecule has 0 unspecified atom stereocenters. The van der Waals surface area contributed by atoms with Crippen molar-refractivity contribution in [1.82, 2.24) is 9.97 Å². The van der Waals surface area contributed by atoms with Gasteiger partial charge in [0.2, 0.25) is 0 Å². The topological polar surface area (TPSA) is 72.1 Å². The number of hydrogen-bond donors (Lipinski definition) is 1. The lowest BCUT2D eigenvalue weighted by molar-refractivity contribution is -0.143. The molecule has 0 spiro atoms. The lowest BCUT2D eigenvalue weighted by atomic mass is 10.2. The fraction of sp³-hybridized carbons (Fsp3) is 0.267. The second-order valence-corrected chi connectivity index (χ2v) is 6.17. The van der Waals surface area contributed by atoms with E-state index in [4.69, 9.17) is 5.73 Å². The number of alkyl halides is 3. The number of nitrogens with two attached hydrogens (primary N) is 1. The Balaban J connectivity index is 2.31. The fourth-order valence-electron chi connectivity index (χ4n) is 2.44. The van der Waals surface area contributed by atoms with Gasteiger partial charge in [0.1, 0.15) is 5.82 Å². The van der Waals surface area contributed by atoms with E-state index in [0.717, 1.165) is 11.8 Å². The molecule has 1 aromatic carbocycles. The Kier molecular flexibility index (Phi) is 4.22. The van der Waals surface area contributed by atoms with Gasteiger partial charge < -0.3 is 5.73 Å². The maximum atomic E-state index is 13.4. The van der Waals surface area contributed by atoms with Crippen LogP contribution in [0.1, 0.15) is 21.9 Å². The minimum absolute atomic E-state index is 0.0496. The molecule has 0 fully saturated rings. The van der Waals surface area contributed by atoms with Crippen LogP contribution in [0, 0.1) is 6.92 Å². The summed E-state index contributed by atoms with van der Waals surface area (Å²) < 4.78 is 40.3. The van der Waals surface area contributed by atoms with Crippen molar-refractivity contribution in [3.63, 3.8) is 0 Å². The van der Waals surface area contributed by atoms with E-state index in [1.165, 1.54) is 11.8 Å². The van der Waals surface area contributed by atoms with Crippen LogP contribution in [0.3, 0.4) is 0 Å². The molecule has 1 aliphatic rings. The van der Waals surface area contributed by atoms with E-state index < -0.39 is 17.8 Å². The molecule has 0 atom stereocenters. The summed E-state index contributed by atoms with van der Waals surface area (Å²) in [4.78, 5) is 21.9. The molecule has 9 heteroatoms. The Morgan fingerprint density at radius 3 is 2.62 bits per heavy atom. The minimum atomic E-state index is -4.65. The number of hydrogen-bond acceptors (Lipinski definition) is 5. The van der Waals surface area contributed by atoms with Gasteiger partial charge in [-0.15, -0.1) is 0 Å². The highest BCUT2D eigenvalue weighted by atomic mass is 32.2. The SMILES string of the molecule is Cc1nc2c(c(C(F)(F)F)n1)Sc1ccccc1C(=O)N2CCN. The molecule has 3 rings (SSSR count). The van der Waals surface area contributed by atoms with E-state index in [0.29, 0.717) is 10.5 Å². The van der Waals surface area contributed by atoms with E-state index in [1.54, 1.807) is 24.3 Å². The first-order chi connectivity index (χ1) is 11.3. The van der Waals surface area contributed by atoms with Gasteiger partial charge in [0.15, 0.2) is 11.5 Å². The summed E-state index contributed by atoms with van der Waals surface area (Å²) in [5, 5.41) is 0. The number of fused-ring (bicyclic) bond motifs is 2. The van der Waals surface area contributed by atoms with Gasteiger partial charge in [-0.05, 0) is 19.1 Å². The predicted molar refractivity (Wildman–Crippen MR) is 83.1 cm³/mol. The summed E-state index contributed by atoms with van der Waals surface area (Å²) in [6, 6.07) is 6.51. The molecule has 24 heavy (non-hydrogen) atoms. The zero-order valence-electron chi connectivity index (χ0n) is 12.6. The first-order valence-corrected chi connectivity index (χ1v) is 7.89. The zero-order chi connectivity index (χ0) is 17.5. The molecule has 1 aromatic heterocycles. The number of benzene rings is 1. The van der Waals surface area contributed by atoms with E-state index in [-0.39, 0.29) is 29.6 Å². The standard InChI is InChI=1S/C15H13F3N4OS/c1-8-20-12(15(16,17)18)11-13(21-8)22(7-6-19)14(23)9-4-2-3-5-10(9)24-11/h2-5H,6-7,19H2,1H3. The molecule has 2 aromatic rings. The van der Waals surface area contributed by atoms with Crippen molar-refractivity contribution >= 4 is 23.5 Å². The minimum Gasteiger partial charge on any atom is -0.329 e. The smallest absolute Gasteiger partial charge is 0.329 e. The van der Waals surface area contributed by atoms with Crippen LogP contribution in [0.15, 0.2) is 34.1 Å². The number of amides is 1. The highest BCUT2D eigenvalue weighted by molar-refractivity contribution is 7.99. The normalized spacial score (nSPS) is 14.2. The van der Waals surface area contributed by atoms with Gasteiger partial charge in [0.05, 0.1) is 10.5 Å². The van der Waals surface area contributed by atoms with Crippen LogP contribution in [0.25, 0.3) is 0 Å². The summed E-state index contributed by atoms with van der Waals surface area (Å²) >= 11 is 0.851. The molecule has 0 saturated heterocycles. The Morgan fingerprint density at radius 2 is 1.96 bits per heavy atom. The predicted octanol–water partition coefficient (Wildman–Crippen LogP) is 2.87. The summed E-state index contributed by atoms with van der Waals surface area (Å²) in [5.74, 6) is -0.526. The van der Waals surface area contributed by atoms with E-state index >= 15 is 0 Å². The Bertz CT molecular complexity index is 810. The van der Waals surface area contributed by atoms with Crippen molar-refractivity contribution in [2.75, 3.05) is 18.0 Å². The summed E-state index contributed by atoms with van der Waals surface area (Å²) in [6.07, 6.45) is -4.65. The molecule has 126 valence electrons. The molecule has 0 aliphatic carbocycles. The first kappa shape index (κ1) is 16.7. The van der Waals surface area contributed by atoms with Crippen molar-refractivity contribution in [1.29, 1.82) is 0 Å². The van der Waals surface area contributed by atoms with Crippen molar-refractivity contribution < 1.29 is 18.0 Å². The van der Waals surface area contributed by atoms with Crippen LogP contribution in [0.4, 0.5) is 19.0 Å². The number of carbonyl (C=O) groups excluding carboxylic acids is 1. The van der Waals surface area contributed by atoms with Crippen LogP contribution >= 0.6 is 11.8 Å². The first-order valence-electron chi connectivity index (χ1n) is 7.07. The van der Waals surface area contributed by atoms with Crippen LogP contribution in [-0.4, -0.2) is 29.0 Å². The van der Waals surface area contributed by atoms with Gasteiger partial charge in [-0.2, -0.15) is 13.2 Å². The molecular weight excluding hydrogens is 341 g/mol. The third-order valence-electron chi connectivity index (χ3n) is 3.41. The molecular formula is C15H13F3N4OS. The monoisotopic (exact) mass is 354 g/mol. The quantitative estimate of drug-likeness (QED) is 0.898. The summed E-state index contributed by atoms with van der Waals surface area (Å²) in [6.45, 7) is 1.53. The lowest BCUT2D eigenvalue weighted by Crippen LogP contribution is -2.36. The largest absolute Gasteiger partial charge is 0.434 e. The average molecular weight is 354 g/mol. The van der Waals surface area contributed by atoms with Gasteiger partial charge in [-0.25, -0.2) is 9.97 Å². The third-order valence-corrected chi connectivity index (χ3v) is 4.57. The molecule has 2 heterocycles. The summed E-state index contributed by atoms with van der Waals surface area (Å²) in [5.41, 5.74) is 4.82. The maximum absolute atomic E-state index is 13.4. The highest BCUT2D eigenvalue weighted by Crippen LogP contribution is 2.46. The van der Waals surface area contributed by atoms with E-state index in [1.807, 2.05) is 0 Å². The molecule has 5 nitrogen and oxygen atoms in total. The summed E-state index contributed by atoms with van der Waals surface area (Å²) in [7, 11) is 0. The molecule has 1 amide bonds. The number of rotatable bonds is 2. The van der Waals surface area contributed by atoms with E-state index in [2.05, 4.69) is 9.97 Å². The molecule has 0 radical (unpaired) electrons. The fourth-order valence-corrected chi connectivity index (χ4v) is 3.57. The van der Waals surface area contributed by atoms with Crippen molar-refractivity contribution in [2.45, 2.75) is 22.9 Å². The van der Waals surface area contributed by atoms with Gasteiger partial charge in [0.25, 0.3) is 5.91 Å².